The molecule has 144 valence electrons. The number of carbonyl (C=O) groups is 1. The van der Waals surface area contributed by atoms with Gasteiger partial charge in [-0.2, -0.15) is 0 Å². The summed E-state index contributed by atoms with van der Waals surface area (Å²) in [5, 5.41) is 2.93. The van der Waals surface area contributed by atoms with Gasteiger partial charge in [0.1, 0.15) is 11.4 Å². The Hall–Kier alpha value is -2.76. The quantitative estimate of drug-likeness (QED) is 0.762. The molecule has 1 amide bonds. The Kier molecular flexibility index (Phi) is 6.52. The monoisotopic (exact) mass is 368 g/mol. The van der Waals surface area contributed by atoms with Gasteiger partial charge in [0.05, 0.1) is 7.11 Å². The Morgan fingerprint density at radius 2 is 1.74 bits per heavy atom. The lowest BCUT2D eigenvalue weighted by Gasteiger charge is -2.37. The van der Waals surface area contributed by atoms with E-state index in [4.69, 9.17) is 4.74 Å². The molecular formula is C21H28N4O2. The lowest BCUT2D eigenvalue weighted by molar-refractivity contribution is 0.0948. The third-order valence-corrected chi connectivity index (χ3v) is 4.87. The second kappa shape index (κ2) is 9.26. The Morgan fingerprint density at radius 3 is 2.37 bits per heavy atom. The number of methoxy groups -OCH3 is 1. The van der Waals surface area contributed by atoms with Crippen LogP contribution >= 0.6 is 0 Å². The second-order valence-corrected chi connectivity index (χ2v) is 6.68. The van der Waals surface area contributed by atoms with Crippen LogP contribution in [0, 0.1) is 0 Å². The number of nitrogens with one attached hydrogen (secondary N) is 1. The third-order valence-electron chi connectivity index (χ3n) is 4.87. The first kappa shape index (κ1) is 19.0. The molecule has 1 aromatic carbocycles. The highest BCUT2D eigenvalue weighted by Crippen LogP contribution is 2.23. The van der Waals surface area contributed by atoms with Crippen molar-refractivity contribution in [1.29, 1.82) is 0 Å². The van der Waals surface area contributed by atoms with E-state index < -0.39 is 0 Å². The standard InChI is InChI=1S/C21H28N4O2/c1-3-4-10-23-21(26)20-16-18(9-11-22-20)25-14-12-24(13-15-25)17-5-7-19(27-2)8-6-17/h5-9,11,16H,3-4,10,12-15H2,1-2H3,(H,23,26). The summed E-state index contributed by atoms with van der Waals surface area (Å²) in [5.74, 6) is 0.779. The van der Waals surface area contributed by atoms with E-state index in [0.29, 0.717) is 12.2 Å². The van der Waals surface area contributed by atoms with Crippen molar-refractivity contribution in [1.82, 2.24) is 10.3 Å². The maximum atomic E-state index is 12.2. The normalized spacial score (nSPS) is 14.1. The smallest absolute Gasteiger partial charge is 0.269 e. The molecule has 1 saturated heterocycles. The first-order chi connectivity index (χ1) is 13.2. The van der Waals surface area contributed by atoms with Crippen LogP contribution in [0.2, 0.25) is 0 Å². The van der Waals surface area contributed by atoms with Gasteiger partial charge in [0.15, 0.2) is 0 Å². The van der Waals surface area contributed by atoms with Crippen molar-refractivity contribution in [2.24, 2.45) is 0 Å². The molecule has 1 N–H and O–H groups in total. The minimum absolute atomic E-state index is 0.0952. The number of ether oxygens (including phenoxy) is 1. The van der Waals surface area contributed by atoms with E-state index in [2.05, 4.69) is 39.2 Å². The molecule has 1 aliphatic rings. The number of hydrogen-bond donors (Lipinski definition) is 1. The summed E-state index contributed by atoms with van der Waals surface area (Å²) in [6, 6.07) is 12.1. The van der Waals surface area contributed by atoms with Gasteiger partial charge in [0, 0.05) is 50.3 Å². The fourth-order valence-electron chi connectivity index (χ4n) is 3.23. The number of aromatic nitrogens is 1. The van der Waals surface area contributed by atoms with Gasteiger partial charge in [-0.1, -0.05) is 13.3 Å². The van der Waals surface area contributed by atoms with E-state index in [9.17, 15) is 4.79 Å². The van der Waals surface area contributed by atoms with Crippen molar-refractivity contribution in [2.45, 2.75) is 19.8 Å². The molecule has 3 rings (SSSR count). The van der Waals surface area contributed by atoms with Gasteiger partial charge in [-0.15, -0.1) is 0 Å². The highest BCUT2D eigenvalue weighted by Gasteiger charge is 2.19. The SMILES string of the molecule is CCCCNC(=O)c1cc(N2CCN(c3ccc(OC)cc3)CC2)ccn1. The fraction of sp³-hybridized carbons (Fsp3) is 0.429. The van der Waals surface area contributed by atoms with Gasteiger partial charge >= 0.3 is 0 Å². The summed E-state index contributed by atoms with van der Waals surface area (Å²) in [6.45, 7) is 6.50. The van der Waals surface area contributed by atoms with Crippen LogP contribution in [0.1, 0.15) is 30.3 Å². The van der Waals surface area contributed by atoms with E-state index in [1.807, 2.05) is 24.3 Å². The van der Waals surface area contributed by atoms with Crippen LogP contribution in [0.4, 0.5) is 11.4 Å². The minimum atomic E-state index is -0.0952. The van der Waals surface area contributed by atoms with Crippen LogP contribution in [-0.2, 0) is 0 Å². The van der Waals surface area contributed by atoms with Crippen LogP contribution in [0.3, 0.4) is 0 Å². The topological polar surface area (TPSA) is 57.7 Å². The van der Waals surface area contributed by atoms with Crippen molar-refractivity contribution in [2.75, 3.05) is 49.6 Å². The molecule has 2 aromatic rings. The molecule has 0 radical (unpaired) electrons. The predicted molar refractivity (Wildman–Crippen MR) is 109 cm³/mol. The fourth-order valence-corrected chi connectivity index (χ4v) is 3.23. The number of rotatable bonds is 7. The Labute approximate surface area is 161 Å². The van der Waals surface area contributed by atoms with Gasteiger partial charge in [-0.3, -0.25) is 9.78 Å². The van der Waals surface area contributed by atoms with Crippen LogP contribution in [0.25, 0.3) is 0 Å². The lowest BCUT2D eigenvalue weighted by Crippen LogP contribution is -2.46. The lowest BCUT2D eigenvalue weighted by atomic mass is 10.2. The molecule has 0 unspecified atom stereocenters. The number of carbonyl (C=O) groups excluding carboxylic acids is 1. The number of hydrogen-bond acceptors (Lipinski definition) is 5. The van der Waals surface area contributed by atoms with E-state index in [1.54, 1.807) is 13.3 Å². The van der Waals surface area contributed by atoms with Crippen molar-refractivity contribution in [3.05, 3.63) is 48.3 Å². The van der Waals surface area contributed by atoms with Crippen molar-refractivity contribution < 1.29 is 9.53 Å². The zero-order chi connectivity index (χ0) is 19.1. The summed E-state index contributed by atoms with van der Waals surface area (Å²) in [6.07, 6.45) is 3.77. The van der Waals surface area contributed by atoms with Gasteiger partial charge < -0.3 is 19.9 Å². The van der Waals surface area contributed by atoms with Crippen LogP contribution in [0.15, 0.2) is 42.6 Å². The average Bonchev–Trinajstić information content (AvgIpc) is 2.74. The molecular weight excluding hydrogens is 340 g/mol. The Morgan fingerprint density at radius 1 is 1.07 bits per heavy atom. The zero-order valence-corrected chi connectivity index (χ0v) is 16.1. The van der Waals surface area contributed by atoms with Crippen LogP contribution in [0.5, 0.6) is 5.75 Å². The molecule has 1 fully saturated rings. The molecule has 0 saturated carbocycles. The molecule has 0 atom stereocenters. The predicted octanol–water partition coefficient (Wildman–Crippen LogP) is 2.95. The summed E-state index contributed by atoms with van der Waals surface area (Å²) < 4.78 is 5.23. The maximum absolute atomic E-state index is 12.2. The highest BCUT2D eigenvalue weighted by molar-refractivity contribution is 5.93. The van der Waals surface area contributed by atoms with Gasteiger partial charge in [-0.25, -0.2) is 0 Å². The Bertz CT molecular complexity index is 740. The molecule has 1 aliphatic heterocycles. The summed E-state index contributed by atoms with van der Waals surface area (Å²) >= 11 is 0. The molecule has 27 heavy (non-hydrogen) atoms. The first-order valence-electron chi connectivity index (χ1n) is 9.59. The van der Waals surface area contributed by atoms with E-state index in [-0.39, 0.29) is 5.91 Å². The maximum Gasteiger partial charge on any atom is 0.269 e. The highest BCUT2D eigenvalue weighted by atomic mass is 16.5. The molecule has 0 spiro atoms. The Balaban J connectivity index is 1.58. The average molecular weight is 368 g/mol. The van der Waals surface area contributed by atoms with Gasteiger partial charge in [-0.05, 0) is 42.8 Å². The second-order valence-electron chi connectivity index (χ2n) is 6.68. The number of nitrogens with zero attached hydrogens (tertiary/aromatic N) is 3. The first-order valence-corrected chi connectivity index (χ1v) is 9.59. The van der Waals surface area contributed by atoms with Crippen molar-refractivity contribution in [3.63, 3.8) is 0 Å². The number of pyridine rings is 1. The van der Waals surface area contributed by atoms with E-state index in [1.165, 1.54) is 5.69 Å². The molecule has 1 aromatic heterocycles. The minimum Gasteiger partial charge on any atom is -0.497 e. The zero-order valence-electron chi connectivity index (χ0n) is 16.1. The number of piperazine rings is 1. The van der Waals surface area contributed by atoms with Gasteiger partial charge in [0.25, 0.3) is 5.91 Å². The molecule has 0 aliphatic carbocycles. The molecule has 6 heteroatoms. The summed E-state index contributed by atoms with van der Waals surface area (Å²) in [7, 11) is 1.68. The molecule has 6 nitrogen and oxygen atoms in total. The van der Waals surface area contributed by atoms with E-state index in [0.717, 1.165) is 50.5 Å². The number of unbranched alkanes of at least 4 members (excludes halogenated alkanes) is 1. The molecule has 0 bridgehead atoms. The number of anilines is 2. The van der Waals surface area contributed by atoms with Crippen LogP contribution in [-0.4, -0.2) is 50.7 Å². The summed E-state index contributed by atoms with van der Waals surface area (Å²) in [4.78, 5) is 21.1. The molecule has 2 heterocycles. The van der Waals surface area contributed by atoms with Crippen molar-refractivity contribution >= 4 is 17.3 Å². The largest absolute Gasteiger partial charge is 0.497 e. The number of benzene rings is 1. The van der Waals surface area contributed by atoms with E-state index >= 15 is 0 Å². The summed E-state index contributed by atoms with van der Waals surface area (Å²) in [5.41, 5.74) is 2.75. The third kappa shape index (κ3) is 4.90. The van der Waals surface area contributed by atoms with Crippen LogP contribution < -0.4 is 19.9 Å². The number of amides is 1. The van der Waals surface area contributed by atoms with Gasteiger partial charge in [0.2, 0.25) is 0 Å². The van der Waals surface area contributed by atoms with Crippen molar-refractivity contribution in [3.8, 4) is 5.75 Å².